The Kier molecular flexibility index (Phi) is 7.22. The van der Waals surface area contributed by atoms with Gasteiger partial charge in [0.1, 0.15) is 5.69 Å². The Labute approximate surface area is 201 Å². The molecule has 7 nitrogen and oxygen atoms in total. The molecule has 1 aliphatic heterocycles. The van der Waals surface area contributed by atoms with E-state index in [1.807, 2.05) is 63.2 Å². The van der Waals surface area contributed by atoms with Crippen molar-refractivity contribution < 1.29 is 4.79 Å². The first kappa shape index (κ1) is 23.8. The number of aromatic nitrogens is 2. The molecule has 0 aliphatic carbocycles. The molecule has 1 fully saturated rings. The smallest absolute Gasteiger partial charge is 0.295 e. The molecule has 1 aliphatic rings. The van der Waals surface area contributed by atoms with Gasteiger partial charge in [-0.15, -0.1) is 0 Å². The number of nitrogens with zero attached hydrogens (tertiary/aromatic N) is 4. The van der Waals surface area contributed by atoms with Crippen LogP contribution in [-0.2, 0) is 18.4 Å². The molecule has 1 aromatic heterocycles. The maximum Gasteiger partial charge on any atom is 0.295 e. The Morgan fingerprint density at radius 1 is 1.03 bits per heavy atom. The fourth-order valence-corrected chi connectivity index (χ4v) is 4.63. The van der Waals surface area contributed by atoms with E-state index in [2.05, 4.69) is 34.5 Å². The summed E-state index contributed by atoms with van der Waals surface area (Å²) in [4.78, 5) is 30.8. The molecule has 34 heavy (non-hydrogen) atoms. The third-order valence-electron chi connectivity index (χ3n) is 6.95. The van der Waals surface area contributed by atoms with Gasteiger partial charge in [0.25, 0.3) is 5.56 Å². The summed E-state index contributed by atoms with van der Waals surface area (Å²) in [6, 6.07) is 17.5. The second-order valence-electron chi connectivity index (χ2n) is 9.19. The van der Waals surface area contributed by atoms with Gasteiger partial charge in [-0.05, 0) is 63.9 Å². The van der Waals surface area contributed by atoms with Crippen molar-refractivity contribution in [3.05, 3.63) is 76.2 Å². The van der Waals surface area contributed by atoms with Crippen LogP contribution >= 0.6 is 0 Å². The van der Waals surface area contributed by atoms with Crippen LogP contribution in [0.3, 0.4) is 0 Å². The minimum Gasteiger partial charge on any atom is -0.371 e. The number of benzene rings is 2. The molecule has 2 aromatic carbocycles. The Hall–Kier alpha value is -3.32. The van der Waals surface area contributed by atoms with Crippen LogP contribution in [0.4, 0.5) is 11.4 Å². The predicted octanol–water partition coefficient (Wildman–Crippen LogP) is 3.93. The highest BCUT2D eigenvalue weighted by atomic mass is 16.2. The zero-order chi connectivity index (χ0) is 24.2. The summed E-state index contributed by atoms with van der Waals surface area (Å²) in [6.07, 6.45) is 3.74. The molecule has 0 saturated carbocycles. The standard InChI is InChI=1S/C27H35N5O2/c1-20-25(27(34)32(30(20)4)23-14-7-5-8-15-23)28-26(33)21(2)29(3)19-22-13-9-10-16-24(22)31-17-11-6-12-18-31/h5,7-10,13-16,21H,6,11-12,17-19H2,1-4H3,(H,28,33)/t21-/m0/s1. The fraction of sp³-hybridized carbons (Fsp3) is 0.407. The SMILES string of the molecule is Cc1c(NC(=O)[C@H](C)N(C)Cc2ccccc2N2CCCCC2)c(=O)n(-c2ccccc2)n1C. The van der Waals surface area contributed by atoms with E-state index in [1.54, 1.807) is 9.36 Å². The lowest BCUT2D eigenvalue weighted by Gasteiger charge is -2.32. The van der Waals surface area contributed by atoms with Gasteiger partial charge in [0, 0.05) is 32.4 Å². The number of hydrogen-bond donors (Lipinski definition) is 1. The summed E-state index contributed by atoms with van der Waals surface area (Å²) < 4.78 is 3.35. The molecule has 0 spiro atoms. The molecule has 0 radical (unpaired) electrons. The summed E-state index contributed by atoms with van der Waals surface area (Å²) in [5, 5.41) is 2.91. The number of piperidine rings is 1. The van der Waals surface area contributed by atoms with Gasteiger partial charge in [0.05, 0.1) is 17.4 Å². The van der Waals surface area contributed by atoms with E-state index < -0.39 is 6.04 Å². The lowest BCUT2D eigenvalue weighted by atomic mass is 10.1. The second-order valence-corrected chi connectivity index (χ2v) is 9.19. The number of anilines is 2. The number of carbonyl (C=O) groups is 1. The zero-order valence-corrected chi connectivity index (χ0v) is 20.6. The van der Waals surface area contributed by atoms with Crippen LogP contribution in [-0.4, -0.2) is 46.3 Å². The van der Waals surface area contributed by atoms with Crippen LogP contribution in [0.15, 0.2) is 59.4 Å². The van der Waals surface area contributed by atoms with Gasteiger partial charge in [-0.3, -0.25) is 19.2 Å². The first-order chi connectivity index (χ1) is 16.4. The Balaban J connectivity index is 1.50. The van der Waals surface area contributed by atoms with Gasteiger partial charge in [-0.2, -0.15) is 0 Å². The maximum atomic E-state index is 13.2. The third-order valence-corrected chi connectivity index (χ3v) is 6.95. The van der Waals surface area contributed by atoms with Crippen molar-refractivity contribution >= 4 is 17.3 Å². The number of para-hydroxylation sites is 2. The van der Waals surface area contributed by atoms with E-state index in [9.17, 15) is 9.59 Å². The molecule has 3 aromatic rings. The quantitative estimate of drug-likeness (QED) is 0.579. The summed E-state index contributed by atoms with van der Waals surface area (Å²) in [5.41, 5.74) is 4.04. The van der Waals surface area contributed by atoms with E-state index in [0.29, 0.717) is 17.9 Å². The minimum atomic E-state index is -0.404. The fourth-order valence-electron chi connectivity index (χ4n) is 4.63. The molecule has 0 bridgehead atoms. The highest BCUT2D eigenvalue weighted by Gasteiger charge is 2.24. The monoisotopic (exact) mass is 461 g/mol. The van der Waals surface area contributed by atoms with Gasteiger partial charge < -0.3 is 10.2 Å². The molecule has 2 heterocycles. The van der Waals surface area contributed by atoms with Crippen LogP contribution in [0, 0.1) is 6.92 Å². The summed E-state index contributed by atoms with van der Waals surface area (Å²) >= 11 is 0. The van der Waals surface area contributed by atoms with Crippen LogP contribution in [0.5, 0.6) is 0 Å². The van der Waals surface area contributed by atoms with Crippen molar-refractivity contribution in [3.8, 4) is 5.69 Å². The topological polar surface area (TPSA) is 62.5 Å². The van der Waals surface area contributed by atoms with Gasteiger partial charge >= 0.3 is 0 Å². The molecule has 1 saturated heterocycles. The summed E-state index contributed by atoms with van der Waals surface area (Å²) in [5.74, 6) is -0.191. The van der Waals surface area contributed by atoms with Gasteiger partial charge in [-0.25, -0.2) is 4.68 Å². The number of likely N-dealkylation sites (N-methyl/N-ethyl adjacent to an activating group) is 1. The van der Waals surface area contributed by atoms with E-state index in [4.69, 9.17) is 0 Å². The number of amides is 1. The molecule has 1 amide bonds. The van der Waals surface area contributed by atoms with Crippen molar-refractivity contribution in [1.82, 2.24) is 14.3 Å². The van der Waals surface area contributed by atoms with Crippen molar-refractivity contribution in [3.63, 3.8) is 0 Å². The van der Waals surface area contributed by atoms with Crippen LogP contribution in [0.2, 0.25) is 0 Å². The normalized spacial score (nSPS) is 14.9. The third kappa shape index (κ3) is 4.80. The minimum absolute atomic E-state index is 0.191. The Bertz CT molecular complexity index is 1190. The molecule has 1 atom stereocenters. The van der Waals surface area contributed by atoms with Crippen LogP contribution in [0.25, 0.3) is 5.69 Å². The molecule has 7 heteroatoms. The van der Waals surface area contributed by atoms with Gasteiger partial charge in [0.2, 0.25) is 5.91 Å². The van der Waals surface area contributed by atoms with Gasteiger partial charge in [-0.1, -0.05) is 36.4 Å². The average Bonchev–Trinajstić information content (AvgIpc) is 3.07. The maximum absolute atomic E-state index is 13.2. The Morgan fingerprint density at radius 3 is 2.38 bits per heavy atom. The number of rotatable bonds is 7. The predicted molar refractivity (Wildman–Crippen MR) is 138 cm³/mol. The number of hydrogen-bond acceptors (Lipinski definition) is 4. The second kappa shape index (κ2) is 10.3. The van der Waals surface area contributed by atoms with Crippen molar-refractivity contribution in [2.45, 2.75) is 45.7 Å². The summed E-state index contributed by atoms with van der Waals surface area (Å²) in [6.45, 7) is 6.55. The summed E-state index contributed by atoms with van der Waals surface area (Å²) in [7, 11) is 3.78. The molecule has 180 valence electrons. The Morgan fingerprint density at radius 2 is 1.68 bits per heavy atom. The first-order valence-electron chi connectivity index (χ1n) is 12.1. The zero-order valence-electron chi connectivity index (χ0n) is 20.6. The van der Waals surface area contributed by atoms with Gasteiger partial charge in [0.15, 0.2) is 0 Å². The van der Waals surface area contributed by atoms with Crippen LogP contribution < -0.4 is 15.8 Å². The molecule has 0 unspecified atom stereocenters. The lowest BCUT2D eigenvalue weighted by Crippen LogP contribution is -2.40. The first-order valence-corrected chi connectivity index (χ1v) is 12.1. The molecular weight excluding hydrogens is 426 g/mol. The highest BCUT2D eigenvalue weighted by Crippen LogP contribution is 2.25. The largest absolute Gasteiger partial charge is 0.371 e. The average molecular weight is 462 g/mol. The van der Waals surface area contributed by atoms with Crippen LogP contribution in [0.1, 0.15) is 37.4 Å². The molecule has 4 rings (SSSR count). The molecular formula is C27H35N5O2. The van der Waals surface area contributed by atoms with E-state index in [-0.39, 0.29) is 11.5 Å². The lowest BCUT2D eigenvalue weighted by molar-refractivity contribution is -0.120. The van der Waals surface area contributed by atoms with Crippen molar-refractivity contribution in [2.75, 3.05) is 30.4 Å². The number of carbonyl (C=O) groups excluding carboxylic acids is 1. The highest BCUT2D eigenvalue weighted by molar-refractivity contribution is 5.95. The van der Waals surface area contributed by atoms with E-state index in [1.165, 1.54) is 30.5 Å². The van der Waals surface area contributed by atoms with Crippen molar-refractivity contribution in [1.29, 1.82) is 0 Å². The van der Waals surface area contributed by atoms with E-state index >= 15 is 0 Å². The molecule has 1 N–H and O–H groups in total. The van der Waals surface area contributed by atoms with Crippen molar-refractivity contribution in [2.24, 2.45) is 7.05 Å². The number of nitrogens with one attached hydrogen (secondary N) is 1. The van der Waals surface area contributed by atoms with E-state index in [0.717, 1.165) is 18.8 Å².